The molecule has 0 spiro atoms. The van der Waals surface area contributed by atoms with E-state index in [2.05, 4.69) is 10.2 Å². The number of benzene rings is 3. The molecule has 6 nitrogen and oxygen atoms in total. The van der Waals surface area contributed by atoms with Crippen LogP contribution in [0.5, 0.6) is 0 Å². The van der Waals surface area contributed by atoms with Crippen molar-refractivity contribution in [3.63, 3.8) is 0 Å². The SMILES string of the molecule is C1CC1.N=C(c1ccc(N2C3CCC2COC3)cc1)c1cc(C(=O)NCc2ccccc2F)ccc1N. The molecule has 1 amide bonds. The summed E-state index contributed by atoms with van der Waals surface area (Å²) in [6.45, 7) is 1.60. The van der Waals surface area contributed by atoms with Crippen molar-refractivity contribution in [2.75, 3.05) is 23.8 Å². The number of hydrogen-bond acceptors (Lipinski definition) is 5. The highest BCUT2D eigenvalue weighted by Crippen LogP contribution is 2.34. The third-order valence-corrected chi connectivity index (χ3v) is 7.03. The van der Waals surface area contributed by atoms with Crippen molar-refractivity contribution in [3.05, 3.63) is 94.8 Å². The minimum atomic E-state index is -0.365. The number of ether oxygens (including phenoxy) is 1. The van der Waals surface area contributed by atoms with E-state index in [0.29, 0.717) is 34.5 Å². The molecule has 2 atom stereocenters. The summed E-state index contributed by atoms with van der Waals surface area (Å²) in [5, 5.41) is 11.5. The quantitative estimate of drug-likeness (QED) is 0.317. The van der Waals surface area contributed by atoms with Crippen molar-refractivity contribution in [1.29, 1.82) is 5.41 Å². The Kier molecular flexibility index (Phi) is 7.51. The zero-order valence-corrected chi connectivity index (χ0v) is 20.9. The van der Waals surface area contributed by atoms with Gasteiger partial charge in [0, 0.05) is 40.2 Å². The third-order valence-electron chi connectivity index (χ3n) is 7.03. The summed E-state index contributed by atoms with van der Waals surface area (Å²) < 4.78 is 19.5. The highest BCUT2D eigenvalue weighted by molar-refractivity contribution is 6.15. The maximum Gasteiger partial charge on any atom is 0.251 e. The Labute approximate surface area is 217 Å². The van der Waals surface area contributed by atoms with E-state index in [1.54, 1.807) is 36.4 Å². The van der Waals surface area contributed by atoms with Crippen molar-refractivity contribution >= 4 is 23.0 Å². The van der Waals surface area contributed by atoms with Crippen molar-refractivity contribution in [2.24, 2.45) is 0 Å². The lowest BCUT2D eigenvalue weighted by molar-refractivity contribution is 0.0906. The number of hydrogen-bond donors (Lipinski definition) is 3. The Bertz CT molecular complexity index is 1260. The molecule has 3 aromatic carbocycles. The van der Waals surface area contributed by atoms with Crippen LogP contribution in [0.3, 0.4) is 0 Å². The van der Waals surface area contributed by atoms with Gasteiger partial charge >= 0.3 is 0 Å². The van der Waals surface area contributed by atoms with Gasteiger partial charge in [-0.15, -0.1) is 0 Å². The second-order valence-electron chi connectivity index (χ2n) is 9.89. The number of nitrogens with two attached hydrogens (primary N) is 1. The number of amides is 1. The number of carbonyl (C=O) groups is 1. The molecule has 0 radical (unpaired) electrons. The van der Waals surface area contributed by atoms with E-state index in [1.807, 2.05) is 24.3 Å². The van der Waals surface area contributed by atoms with Gasteiger partial charge in [0.2, 0.25) is 0 Å². The molecule has 1 aliphatic carbocycles. The molecule has 0 aromatic heterocycles. The molecule has 2 bridgehead atoms. The average molecular weight is 501 g/mol. The zero-order valence-electron chi connectivity index (χ0n) is 20.9. The molecular formula is C30H33FN4O2. The molecule has 7 heteroatoms. The molecule has 2 aliphatic heterocycles. The Morgan fingerprint density at radius 2 is 1.62 bits per heavy atom. The minimum Gasteiger partial charge on any atom is -0.398 e. The van der Waals surface area contributed by atoms with E-state index in [1.165, 1.54) is 25.3 Å². The summed E-state index contributed by atoms with van der Waals surface area (Å²) in [5.74, 6) is -0.716. The van der Waals surface area contributed by atoms with Crippen molar-refractivity contribution in [1.82, 2.24) is 5.32 Å². The van der Waals surface area contributed by atoms with Crippen LogP contribution >= 0.6 is 0 Å². The van der Waals surface area contributed by atoms with E-state index in [4.69, 9.17) is 15.9 Å². The minimum absolute atomic E-state index is 0.0770. The van der Waals surface area contributed by atoms with E-state index in [-0.39, 0.29) is 24.0 Å². The lowest BCUT2D eigenvalue weighted by Gasteiger charge is -2.36. The molecule has 3 fully saturated rings. The number of carbonyl (C=O) groups excluding carboxylic acids is 1. The van der Waals surface area contributed by atoms with Gasteiger partial charge in [0.05, 0.1) is 31.0 Å². The monoisotopic (exact) mass is 500 g/mol. The first kappa shape index (κ1) is 25.0. The number of halogens is 1. The number of rotatable bonds is 6. The van der Waals surface area contributed by atoms with Crippen molar-refractivity contribution in [2.45, 2.75) is 50.7 Å². The molecule has 3 aromatic rings. The second kappa shape index (κ2) is 11.1. The first-order valence-corrected chi connectivity index (χ1v) is 13.0. The van der Waals surface area contributed by atoms with Gasteiger partial charge in [0.1, 0.15) is 5.82 Å². The standard InChI is InChI=1S/C27H27FN4O2.C3H6/c28-24-4-2-1-3-19(24)14-31-27(33)18-7-12-25(29)23(13-18)26(30)17-5-8-20(9-6-17)32-21-10-11-22(32)16-34-15-21;1-2-3-1/h1-9,12-13,21-22,30H,10-11,14-16,29H2,(H,31,33);1-3H2. The summed E-state index contributed by atoms with van der Waals surface area (Å²) in [5.41, 5.74) is 9.95. The van der Waals surface area contributed by atoms with Crippen LogP contribution in [-0.2, 0) is 11.3 Å². The summed E-state index contributed by atoms with van der Waals surface area (Å²) in [4.78, 5) is 15.1. The zero-order chi connectivity index (χ0) is 25.8. The molecule has 6 rings (SSSR count). The van der Waals surface area contributed by atoms with E-state index >= 15 is 0 Å². The topological polar surface area (TPSA) is 91.4 Å². The van der Waals surface area contributed by atoms with E-state index in [9.17, 15) is 9.18 Å². The number of morpholine rings is 1. The van der Waals surface area contributed by atoms with Crippen LogP contribution in [0.1, 0.15) is 59.2 Å². The second-order valence-corrected chi connectivity index (χ2v) is 9.89. The Balaban J connectivity index is 0.000000872. The molecule has 2 heterocycles. The molecular weight excluding hydrogens is 467 g/mol. The van der Waals surface area contributed by atoms with Crippen LogP contribution in [0, 0.1) is 11.2 Å². The fourth-order valence-electron chi connectivity index (χ4n) is 4.84. The molecule has 2 unspecified atom stereocenters. The van der Waals surface area contributed by atoms with Crippen molar-refractivity contribution in [3.8, 4) is 0 Å². The first-order valence-electron chi connectivity index (χ1n) is 13.0. The number of anilines is 2. The van der Waals surface area contributed by atoms with Crippen LogP contribution in [0.25, 0.3) is 0 Å². The molecule has 192 valence electrons. The highest BCUT2D eigenvalue weighted by atomic mass is 19.1. The first-order chi connectivity index (χ1) is 18.0. The molecule has 1 saturated carbocycles. The molecule has 3 aliphatic rings. The average Bonchev–Trinajstić information content (AvgIpc) is 3.78. The maximum absolute atomic E-state index is 13.8. The van der Waals surface area contributed by atoms with Crippen LogP contribution in [0.2, 0.25) is 0 Å². The molecule has 4 N–H and O–H groups in total. The van der Waals surface area contributed by atoms with Gasteiger partial charge in [-0.2, -0.15) is 0 Å². The Hall–Kier alpha value is -3.71. The Morgan fingerprint density at radius 1 is 0.973 bits per heavy atom. The maximum atomic E-state index is 13.8. The summed E-state index contributed by atoms with van der Waals surface area (Å²) in [7, 11) is 0. The summed E-state index contributed by atoms with van der Waals surface area (Å²) in [6, 6.07) is 20.0. The van der Waals surface area contributed by atoms with Gasteiger partial charge in [0.25, 0.3) is 5.91 Å². The largest absolute Gasteiger partial charge is 0.398 e. The number of fused-ring (bicyclic) bond motifs is 2. The number of nitrogens with one attached hydrogen (secondary N) is 2. The van der Waals surface area contributed by atoms with Gasteiger partial charge in [-0.05, 0) is 49.2 Å². The van der Waals surface area contributed by atoms with Crippen LogP contribution in [0.4, 0.5) is 15.8 Å². The van der Waals surface area contributed by atoms with Gasteiger partial charge in [-0.25, -0.2) is 4.39 Å². The van der Waals surface area contributed by atoms with Gasteiger partial charge in [0.15, 0.2) is 0 Å². The molecule has 37 heavy (non-hydrogen) atoms. The van der Waals surface area contributed by atoms with Crippen LogP contribution in [-0.4, -0.2) is 36.9 Å². The third kappa shape index (κ3) is 5.83. The Morgan fingerprint density at radius 3 is 2.27 bits per heavy atom. The summed E-state index contributed by atoms with van der Waals surface area (Å²) >= 11 is 0. The highest BCUT2D eigenvalue weighted by Gasteiger charge is 2.37. The van der Waals surface area contributed by atoms with E-state index in [0.717, 1.165) is 37.3 Å². The lowest BCUT2D eigenvalue weighted by Crippen LogP contribution is -2.45. The predicted octanol–water partition coefficient (Wildman–Crippen LogP) is 5.29. The van der Waals surface area contributed by atoms with Gasteiger partial charge < -0.3 is 20.7 Å². The van der Waals surface area contributed by atoms with Gasteiger partial charge in [-0.3, -0.25) is 10.2 Å². The van der Waals surface area contributed by atoms with Crippen LogP contribution < -0.4 is 16.0 Å². The van der Waals surface area contributed by atoms with Crippen molar-refractivity contribution < 1.29 is 13.9 Å². The fraction of sp³-hybridized carbons (Fsp3) is 0.333. The summed E-state index contributed by atoms with van der Waals surface area (Å²) in [6.07, 6.45) is 6.79. The smallest absolute Gasteiger partial charge is 0.251 e. The fourth-order valence-corrected chi connectivity index (χ4v) is 4.84. The van der Waals surface area contributed by atoms with Gasteiger partial charge in [-0.1, -0.05) is 49.6 Å². The number of nitrogen functional groups attached to an aromatic ring is 1. The number of nitrogens with zero attached hydrogens (tertiary/aromatic N) is 1. The van der Waals surface area contributed by atoms with E-state index < -0.39 is 0 Å². The molecule has 2 saturated heterocycles. The predicted molar refractivity (Wildman–Crippen MR) is 145 cm³/mol. The normalized spacial score (nSPS) is 19.5. The van der Waals surface area contributed by atoms with Crippen LogP contribution in [0.15, 0.2) is 66.7 Å². The lowest BCUT2D eigenvalue weighted by atomic mass is 9.98.